The summed E-state index contributed by atoms with van der Waals surface area (Å²) in [5.74, 6) is 13.4. The van der Waals surface area contributed by atoms with Crippen molar-refractivity contribution in [3.8, 4) is 23.7 Å². The average Bonchev–Trinajstić information content (AvgIpc) is 3.28. The molecule has 1 aliphatic carbocycles. The zero-order valence-electron chi connectivity index (χ0n) is 45.9. The van der Waals surface area contributed by atoms with E-state index in [-0.39, 0.29) is 11.6 Å². The second kappa shape index (κ2) is 26.0. The minimum Gasteiger partial charge on any atom is -0.289 e. The standard InChI is InChI=1S/C66H44O2S16/c1-69-59-60(70-2)78-55(77-59)49-37-13-9-11-15-39(37)51(57-81-63(73-5)64(74-6)82-57)45-29-33(21-25-41(45)49)17-19-35-23-27-43-47(31-35)53(67)44-28-24-36(32-48(44)54(43)68)20-18-34-22-26-42-46(30-34)52(58-83-65(75-7)66(76-8)84-58)40-16-12-10-14-38(40)50(42)56-79-61(71-3)62(72-4)80-56/h9-16,21-32H,1-8H3. The Morgan fingerprint density at radius 3 is 0.750 bits per heavy atom. The summed E-state index contributed by atoms with van der Waals surface area (Å²) in [6.07, 6.45) is 17.3. The Bertz CT molecular complexity index is 4460. The van der Waals surface area contributed by atoms with Crippen LogP contribution in [0.15, 0.2) is 155 Å². The number of fused-ring (bicyclic) bond motifs is 6. The molecule has 0 bridgehead atoms. The lowest BCUT2D eigenvalue weighted by Crippen LogP contribution is -2.21. The van der Waals surface area contributed by atoms with Crippen LogP contribution in [0.3, 0.4) is 0 Å². The van der Waals surface area contributed by atoms with Gasteiger partial charge in [-0.25, -0.2) is 0 Å². The molecule has 18 heteroatoms. The molecule has 416 valence electrons. The van der Waals surface area contributed by atoms with Crippen molar-refractivity contribution < 1.29 is 9.59 Å². The number of rotatable bonds is 8. The minimum absolute atomic E-state index is 0.192. The number of thioether (sulfide) groups is 16. The summed E-state index contributed by atoms with van der Waals surface area (Å²) in [5.41, 5.74) is 4.58. The lowest BCUT2D eigenvalue weighted by Gasteiger charge is -2.17. The van der Waals surface area contributed by atoms with Gasteiger partial charge in [-0.15, -0.1) is 94.1 Å². The predicted octanol–water partition coefficient (Wildman–Crippen LogP) is 19.5. The van der Waals surface area contributed by atoms with Crippen LogP contribution in [0.25, 0.3) is 60.0 Å². The van der Waals surface area contributed by atoms with E-state index in [4.69, 9.17) is 0 Å². The van der Waals surface area contributed by atoms with Crippen molar-refractivity contribution in [2.45, 2.75) is 0 Å². The topological polar surface area (TPSA) is 34.1 Å². The molecule has 0 aromatic heterocycles. The van der Waals surface area contributed by atoms with Gasteiger partial charge in [-0.1, -0.05) is 178 Å². The summed E-state index contributed by atoms with van der Waals surface area (Å²) in [7, 11) is 0. The molecule has 0 saturated heterocycles. The summed E-state index contributed by atoms with van der Waals surface area (Å²) >= 11 is 29.5. The molecular formula is C66H44O2S16. The van der Waals surface area contributed by atoms with E-state index >= 15 is 0 Å². The Morgan fingerprint density at radius 1 is 0.262 bits per heavy atom. The molecule has 0 amide bonds. The first-order valence-corrected chi connectivity index (χ1v) is 42.0. The van der Waals surface area contributed by atoms with E-state index in [0.29, 0.717) is 33.4 Å². The van der Waals surface area contributed by atoms with Crippen molar-refractivity contribution in [1.29, 1.82) is 0 Å². The summed E-state index contributed by atoms with van der Waals surface area (Å²) < 4.78 is 15.8. The third-order valence-corrected chi connectivity index (χ3v) is 35.1. The first-order chi connectivity index (χ1) is 41.1. The number of hydrogen-bond acceptors (Lipinski definition) is 18. The van der Waals surface area contributed by atoms with Crippen molar-refractivity contribution in [2.75, 3.05) is 50.0 Å². The van der Waals surface area contributed by atoms with Gasteiger partial charge in [0, 0.05) is 65.4 Å². The van der Waals surface area contributed by atoms with Gasteiger partial charge in [-0.05, 0) is 154 Å². The second-order valence-corrected chi connectivity index (χ2v) is 36.5. The van der Waals surface area contributed by atoms with Gasteiger partial charge in [-0.3, -0.25) is 9.59 Å². The molecule has 0 unspecified atom stereocenters. The smallest absolute Gasteiger partial charge is 0.194 e. The number of ketones is 2. The highest BCUT2D eigenvalue weighted by molar-refractivity contribution is 8.47. The van der Waals surface area contributed by atoms with Crippen LogP contribution in [0.1, 0.15) is 54.1 Å². The molecule has 0 saturated carbocycles. The van der Waals surface area contributed by atoms with Crippen LogP contribution in [-0.2, 0) is 0 Å². The van der Waals surface area contributed by atoms with E-state index in [1.54, 1.807) is 24.3 Å². The molecular weight excluding hydrogens is 1340 g/mol. The van der Waals surface area contributed by atoms with E-state index < -0.39 is 0 Å². The highest BCUT2D eigenvalue weighted by Crippen LogP contribution is 2.60. The molecule has 0 atom stereocenters. The van der Waals surface area contributed by atoms with Crippen LogP contribution in [0.2, 0.25) is 0 Å². The van der Waals surface area contributed by atoms with Gasteiger partial charge in [0.15, 0.2) is 11.6 Å². The van der Waals surface area contributed by atoms with Gasteiger partial charge in [0.25, 0.3) is 0 Å². The van der Waals surface area contributed by atoms with E-state index in [1.807, 2.05) is 200 Å². The van der Waals surface area contributed by atoms with Crippen LogP contribution in [0.5, 0.6) is 0 Å². The molecule has 0 spiro atoms. The first kappa shape index (κ1) is 60.2. The Morgan fingerprint density at radius 2 is 0.488 bits per heavy atom. The zero-order valence-corrected chi connectivity index (χ0v) is 59.0. The Hall–Kier alpha value is -2.70. The van der Waals surface area contributed by atoms with Crippen molar-refractivity contribution in [3.63, 3.8) is 0 Å². The highest BCUT2D eigenvalue weighted by Gasteiger charge is 2.31. The van der Waals surface area contributed by atoms with Crippen LogP contribution in [0, 0.1) is 23.7 Å². The van der Waals surface area contributed by atoms with Gasteiger partial charge in [-0.2, -0.15) is 0 Å². The second-order valence-electron chi connectivity index (χ2n) is 18.7. The van der Waals surface area contributed by atoms with Gasteiger partial charge < -0.3 is 0 Å². The lowest BCUT2D eigenvalue weighted by atomic mass is 9.82. The molecule has 13 rings (SSSR count). The Labute approximate surface area is 557 Å². The molecule has 5 aliphatic rings. The van der Waals surface area contributed by atoms with Crippen molar-refractivity contribution in [3.05, 3.63) is 221 Å². The van der Waals surface area contributed by atoms with Crippen molar-refractivity contribution >= 4 is 260 Å². The minimum atomic E-state index is -0.192. The van der Waals surface area contributed by atoms with Crippen LogP contribution < -0.4 is 20.9 Å². The molecule has 8 aromatic rings. The van der Waals surface area contributed by atoms with E-state index in [1.165, 1.54) is 115 Å². The molecule has 4 heterocycles. The molecule has 8 aromatic carbocycles. The molecule has 0 radical (unpaired) electrons. The number of carbonyl (C=O) groups excluding carboxylic acids is 2. The highest BCUT2D eigenvalue weighted by atomic mass is 32.3. The Balaban J connectivity index is 0.853. The molecule has 4 aliphatic heterocycles. The summed E-state index contributed by atoms with van der Waals surface area (Å²) in [4.78, 5) is 28.9. The third-order valence-electron chi connectivity index (χ3n) is 14.2. The number of hydrogen-bond donors (Lipinski definition) is 0. The van der Waals surface area contributed by atoms with E-state index in [9.17, 15) is 9.59 Å². The number of benzene rings is 8. The molecule has 84 heavy (non-hydrogen) atoms. The number of carbonyl (C=O) groups is 2. The summed E-state index contributed by atoms with van der Waals surface area (Å²) in [6, 6.07) is 41.8. The maximum atomic E-state index is 14.4. The zero-order chi connectivity index (χ0) is 57.9. The largest absolute Gasteiger partial charge is 0.289 e. The predicted molar refractivity (Wildman–Crippen MR) is 404 cm³/mol. The fourth-order valence-corrected chi connectivity index (χ4v) is 31.0. The normalized spacial score (nSPS) is 16.1. The SMILES string of the molecule is CSC1=C(SC)SC(=c2c3ccccc3c(=C3SC(SC)=C(SC)S3)c3cc(C#Cc4ccc5c(c4)C(=O)c4ccc(C#Cc6ccc7c(=C8SC(SC)=C(SC)S8)c8ccccc8c(=C8SC(SC)=C(SC)S8)c7c6)cc4C5=O)ccc23)S1. The van der Waals surface area contributed by atoms with Crippen molar-refractivity contribution in [1.82, 2.24) is 0 Å². The summed E-state index contributed by atoms with van der Waals surface area (Å²) in [5, 5.41) is 14.7. The van der Waals surface area contributed by atoms with E-state index in [2.05, 4.69) is 159 Å². The van der Waals surface area contributed by atoms with Gasteiger partial charge in [0.2, 0.25) is 0 Å². The third kappa shape index (κ3) is 11.1. The molecule has 0 N–H and O–H groups in total. The maximum absolute atomic E-state index is 14.4. The quantitative estimate of drug-likeness (QED) is 0.107. The fourth-order valence-electron chi connectivity index (χ4n) is 10.5. The van der Waals surface area contributed by atoms with Crippen LogP contribution in [-0.4, -0.2) is 61.6 Å². The first-order valence-electron chi connectivity index (χ1n) is 25.7. The van der Waals surface area contributed by atoms with Crippen LogP contribution in [0.4, 0.5) is 0 Å². The fraction of sp³-hybridized carbons (Fsp3) is 0.121. The average molecular weight is 1380 g/mol. The van der Waals surface area contributed by atoms with Gasteiger partial charge >= 0.3 is 0 Å². The van der Waals surface area contributed by atoms with Gasteiger partial charge in [0.1, 0.15) is 0 Å². The monoisotopic (exact) mass is 1380 g/mol. The van der Waals surface area contributed by atoms with E-state index in [0.717, 1.165) is 11.1 Å². The van der Waals surface area contributed by atoms with Crippen molar-refractivity contribution in [2.24, 2.45) is 0 Å². The molecule has 2 nitrogen and oxygen atoms in total. The molecule has 0 fully saturated rings. The lowest BCUT2D eigenvalue weighted by molar-refractivity contribution is 0.0979. The summed E-state index contributed by atoms with van der Waals surface area (Å²) in [6.45, 7) is 0. The Kier molecular flexibility index (Phi) is 18.7. The van der Waals surface area contributed by atoms with Gasteiger partial charge in [0.05, 0.1) is 50.8 Å². The maximum Gasteiger partial charge on any atom is 0.194 e. The van der Waals surface area contributed by atoms with Crippen LogP contribution >= 0.6 is 188 Å².